The van der Waals surface area contributed by atoms with Crippen LogP contribution in [-0.2, 0) is 0 Å². The molecule has 1 aromatic carbocycles. The predicted molar refractivity (Wildman–Crippen MR) is 69.2 cm³/mol. The second kappa shape index (κ2) is 4.95. The lowest BCUT2D eigenvalue weighted by molar-refractivity contribution is 1.23. The number of hydrogen-bond acceptors (Lipinski definition) is 3. The molecular formula is C12H10BrN3. The molecule has 2 aromatic rings. The maximum absolute atomic E-state index is 5.77. The maximum atomic E-state index is 5.77. The van der Waals surface area contributed by atoms with Crippen molar-refractivity contribution in [3.63, 3.8) is 0 Å². The molecule has 0 unspecified atom stereocenters. The van der Waals surface area contributed by atoms with Crippen molar-refractivity contribution in [2.75, 3.05) is 11.1 Å². The summed E-state index contributed by atoms with van der Waals surface area (Å²) in [6.07, 6.45) is 2.30. The van der Waals surface area contributed by atoms with Crippen LogP contribution < -0.4 is 5.73 Å². The number of nitrogen functional groups attached to an aromatic ring is 1. The summed E-state index contributed by atoms with van der Waals surface area (Å²) in [6, 6.07) is 5.77. The zero-order valence-corrected chi connectivity index (χ0v) is 10.2. The van der Waals surface area contributed by atoms with Gasteiger partial charge in [-0.1, -0.05) is 27.8 Å². The number of fused-ring (bicyclic) bond motifs is 1. The minimum Gasteiger partial charge on any atom is -0.383 e. The molecule has 1 aromatic heterocycles. The average molecular weight is 276 g/mol. The first kappa shape index (κ1) is 10.9. The lowest BCUT2D eigenvalue weighted by atomic mass is 10.1. The van der Waals surface area contributed by atoms with Crippen LogP contribution in [0.15, 0.2) is 24.5 Å². The number of benzene rings is 1. The highest BCUT2D eigenvalue weighted by Gasteiger charge is 1.99. The first-order valence-electron chi connectivity index (χ1n) is 4.86. The number of hydrogen-bond donors (Lipinski definition) is 1. The monoisotopic (exact) mass is 275 g/mol. The normalized spacial score (nSPS) is 9.81. The highest BCUT2D eigenvalue weighted by atomic mass is 79.9. The maximum Gasteiger partial charge on any atom is 0.134 e. The van der Waals surface area contributed by atoms with E-state index in [1.807, 2.05) is 18.2 Å². The van der Waals surface area contributed by atoms with Gasteiger partial charge >= 0.3 is 0 Å². The van der Waals surface area contributed by atoms with Crippen LogP contribution in [0.4, 0.5) is 5.82 Å². The molecule has 0 aliphatic carbocycles. The number of aromatic nitrogens is 2. The fraction of sp³-hybridized carbons (Fsp3) is 0.167. The van der Waals surface area contributed by atoms with Gasteiger partial charge in [-0.25, -0.2) is 9.97 Å². The van der Waals surface area contributed by atoms with Crippen LogP contribution >= 0.6 is 15.9 Å². The summed E-state index contributed by atoms with van der Waals surface area (Å²) in [7, 11) is 0. The van der Waals surface area contributed by atoms with Gasteiger partial charge in [0.25, 0.3) is 0 Å². The second-order valence-electron chi connectivity index (χ2n) is 3.23. The van der Waals surface area contributed by atoms with Gasteiger partial charge in [0.05, 0.1) is 5.52 Å². The molecule has 16 heavy (non-hydrogen) atoms. The first-order valence-corrected chi connectivity index (χ1v) is 5.98. The fourth-order valence-corrected chi connectivity index (χ4v) is 1.56. The zero-order chi connectivity index (χ0) is 11.4. The summed E-state index contributed by atoms with van der Waals surface area (Å²) >= 11 is 3.33. The van der Waals surface area contributed by atoms with E-state index >= 15 is 0 Å². The largest absolute Gasteiger partial charge is 0.383 e. The van der Waals surface area contributed by atoms with E-state index in [2.05, 4.69) is 37.7 Å². The molecule has 0 bridgehead atoms. The molecule has 0 aliphatic heterocycles. The van der Waals surface area contributed by atoms with Crippen molar-refractivity contribution in [3.05, 3.63) is 30.1 Å². The van der Waals surface area contributed by atoms with Crippen molar-refractivity contribution in [2.24, 2.45) is 0 Å². The lowest BCUT2D eigenvalue weighted by Gasteiger charge is -1.99. The molecule has 0 amide bonds. The molecule has 3 nitrogen and oxygen atoms in total. The minimum absolute atomic E-state index is 0.495. The summed E-state index contributed by atoms with van der Waals surface area (Å²) in [4.78, 5) is 8.09. The Morgan fingerprint density at radius 3 is 3.00 bits per heavy atom. The molecule has 2 N–H and O–H groups in total. The summed E-state index contributed by atoms with van der Waals surface area (Å²) in [6.45, 7) is 0. The van der Waals surface area contributed by atoms with Gasteiger partial charge in [-0.05, 0) is 18.2 Å². The standard InChI is InChI=1S/C12H10BrN3/c13-6-2-1-3-9-4-5-11-10(7-9)12(14)16-8-15-11/h4-5,7-8H,2,6H2,(H2,14,15,16). The smallest absolute Gasteiger partial charge is 0.134 e. The SMILES string of the molecule is Nc1ncnc2ccc(C#CCCBr)cc12. The van der Waals surface area contributed by atoms with Gasteiger partial charge in [0.1, 0.15) is 12.1 Å². The molecule has 0 saturated heterocycles. The van der Waals surface area contributed by atoms with Crippen molar-refractivity contribution in [3.8, 4) is 11.8 Å². The highest BCUT2D eigenvalue weighted by Crippen LogP contribution is 2.17. The number of nitrogens with two attached hydrogens (primary N) is 1. The van der Waals surface area contributed by atoms with E-state index in [0.29, 0.717) is 5.82 Å². The number of nitrogens with zero attached hydrogens (tertiary/aromatic N) is 2. The van der Waals surface area contributed by atoms with Gasteiger partial charge in [-0.3, -0.25) is 0 Å². The van der Waals surface area contributed by atoms with Crippen LogP contribution in [0.1, 0.15) is 12.0 Å². The lowest BCUT2D eigenvalue weighted by Crippen LogP contribution is -1.93. The predicted octanol–water partition coefficient (Wildman–Crippen LogP) is 2.35. The van der Waals surface area contributed by atoms with Gasteiger partial charge in [0.15, 0.2) is 0 Å². The van der Waals surface area contributed by atoms with Crippen molar-refractivity contribution < 1.29 is 0 Å². The van der Waals surface area contributed by atoms with E-state index in [9.17, 15) is 0 Å². The van der Waals surface area contributed by atoms with E-state index in [0.717, 1.165) is 28.2 Å². The van der Waals surface area contributed by atoms with Crippen molar-refractivity contribution in [1.29, 1.82) is 0 Å². The second-order valence-corrected chi connectivity index (χ2v) is 4.02. The fourth-order valence-electron chi connectivity index (χ4n) is 1.37. The zero-order valence-electron chi connectivity index (χ0n) is 8.57. The summed E-state index contributed by atoms with van der Waals surface area (Å²) < 4.78 is 0. The third-order valence-corrected chi connectivity index (χ3v) is 2.51. The third-order valence-electron chi connectivity index (χ3n) is 2.12. The van der Waals surface area contributed by atoms with E-state index < -0.39 is 0 Å². The number of halogens is 1. The van der Waals surface area contributed by atoms with Gasteiger partial charge < -0.3 is 5.73 Å². The number of anilines is 1. The average Bonchev–Trinajstić information content (AvgIpc) is 2.30. The molecule has 80 valence electrons. The molecule has 2 rings (SSSR count). The van der Waals surface area contributed by atoms with Crippen molar-refractivity contribution in [2.45, 2.75) is 6.42 Å². The Hall–Kier alpha value is -1.60. The van der Waals surface area contributed by atoms with Crippen molar-refractivity contribution >= 4 is 32.7 Å². The number of rotatable bonds is 1. The van der Waals surface area contributed by atoms with Gasteiger partial charge in [0.2, 0.25) is 0 Å². The summed E-state index contributed by atoms with van der Waals surface area (Å²) in [5.74, 6) is 6.63. The quantitative estimate of drug-likeness (QED) is 0.642. The number of alkyl halides is 1. The summed E-state index contributed by atoms with van der Waals surface area (Å²) in [5, 5.41) is 1.74. The highest BCUT2D eigenvalue weighted by molar-refractivity contribution is 9.09. The Bertz CT molecular complexity index is 569. The molecular weight excluding hydrogens is 266 g/mol. The van der Waals surface area contributed by atoms with Crippen LogP contribution in [0.25, 0.3) is 10.9 Å². The Balaban J connectivity index is 2.44. The Morgan fingerprint density at radius 2 is 2.19 bits per heavy atom. The molecule has 0 saturated carbocycles. The molecule has 0 aliphatic rings. The Morgan fingerprint density at radius 1 is 1.31 bits per heavy atom. The van der Waals surface area contributed by atoms with Crippen LogP contribution in [0.2, 0.25) is 0 Å². The van der Waals surface area contributed by atoms with Crippen LogP contribution in [0.5, 0.6) is 0 Å². The van der Waals surface area contributed by atoms with E-state index in [4.69, 9.17) is 5.73 Å². The molecule has 0 fully saturated rings. The van der Waals surface area contributed by atoms with Gasteiger partial charge in [-0.2, -0.15) is 0 Å². The van der Waals surface area contributed by atoms with Crippen LogP contribution in [-0.4, -0.2) is 15.3 Å². The minimum atomic E-state index is 0.495. The molecule has 0 spiro atoms. The van der Waals surface area contributed by atoms with Gasteiger partial charge in [-0.15, -0.1) is 0 Å². The molecule has 0 radical (unpaired) electrons. The van der Waals surface area contributed by atoms with Crippen LogP contribution in [0.3, 0.4) is 0 Å². The van der Waals surface area contributed by atoms with Gasteiger partial charge in [0, 0.05) is 22.7 Å². The topological polar surface area (TPSA) is 51.8 Å². The van der Waals surface area contributed by atoms with Crippen LogP contribution in [0, 0.1) is 11.8 Å². The molecule has 4 heteroatoms. The Kier molecular flexibility index (Phi) is 3.37. The van der Waals surface area contributed by atoms with Crippen molar-refractivity contribution in [1.82, 2.24) is 9.97 Å². The van der Waals surface area contributed by atoms with E-state index in [1.54, 1.807) is 0 Å². The Labute approximate surface area is 102 Å². The van der Waals surface area contributed by atoms with E-state index in [-0.39, 0.29) is 0 Å². The third kappa shape index (κ3) is 2.31. The first-order chi connectivity index (χ1) is 7.81. The molecule has 1 heterocycles. The summed E-state index contributed by atoms with van der Waals surface area (Å²) in [5.41, 5.74) is 7.56. The van der Waals surface area contributed by atoms with E-state index in [1.165, 1.54) is 6.33 Å². The molecule has 0 atom stereocenters.